The summed E-state index contributed by atoms with van der Waals surface area (Å²) in [4.78, 5) is 22.9. The van der Waals surface area contributed by atoms with Crippen molar-refractivity contribution < 1.29 is 9.59 Å². The van der Waals surface area contributed by atoms with Crippen LogP contribution in [0.4, 0.5) is 0 Å². The molecule has 3 aromatic rings. The van der Waals surface area contributed by atoms with Gasteiger partial charge in [-0.05, 0) is 68.4 Å². The Morgan fingerprint density at radius 2 is 1.00 bits per heavy atom. The summed E-state index contributed by atoms with van der Waals surface area (Å²) in [6.07, 6.45) is 2.85. The molecule has 3 aromatic carbocycles. The minimum atomic E-state index is -0.447. The number of benzene rings is 3. The molecule has 0 aromatic heterocycles. The molecular weight excluding hydrogens is 248 g/mol. The molecule has 2 nitrogen and oxygen atoms in total. The standard InChI is InChI=1S/C18H10O2/c19-17-9-15-7-13-5-11-3-1-2-4-12(11)6-14(13)8-16(15)10-18(17)20/h1-10H. The molecule has 0 bridgehead atoms. The first-order chi connectivity index (χ1) is 9.70. The minimum absolute atomic E-state index is 0.447. The lowest BCUT2D eigenvalue weighted by atomic mass is 9.99. The van der Waals surface area contributed by atoms with Gasteiger partial charge in [-0.3, -0.25) is 9.59 Å². The fraction of sp³-hybridized carbons (Fsp3) is 0. The normalized spacial score (nSPS) is 14.0. The van der Waals surface area contributed by atoms with E-state index in [4.69, 9.17) is 0 Å². The van der Waals surface area contributed by atoms with Crippen molar-refractivity contribution in [1.82, 2.24) is 0 Å². The van der Waals surface area contributed by atoms with Crippen LogP contribution < -0.4 is 10.4 Å². The lowest BCUT2D eigenvalue weighted by Gasteiger charge is -2.05. The molecule has 0 amide bonds. The molecule has 0 aliphatic heterocycles. The van der Waals surface area contributed by atoms with Gasteiger partial charge in [-0.15, -0.1) is 0 Å². The maximum absolute atomic E-state index is 11.5. The van der Waals surface area contributed by atoms with Crippen molar-refractivity contribution in [2.75, 3.05) is 0 Å². The zero-order valence-corrected chi connectivity index (χ0v) is 10.6. The number of Topliss-reactive ketones (excluding diaryl/α,β-unsaturated/α-hetero) is 2. The highest BCUT2D eigenvalue weighted by Gasteiger charge is 2.12. The van der Waals surface area contributed by atoms with Crippen molar-refractivity contribution in [1.29, 1.82) is 0 Å². The van der Waals surface area contributed by atoms with E-state index >= 15 is 0 Å². The second kappa shape index (κ2) is 3.87. The predicted octanol–water partition coefficient (Wildman–Crippen LogP) is 1.71. The highest BCUT2D eigenvalue weighted by Crippen LogP contribution is 2.20. The van der Waals surface area contributed by atoms with Crippen LogP contribution in [0.2, 0.25) is 0 Å². The fourth-order valence-corrected chi connectivity index (χ4v) is 2.70. The lowest BCUT2D eigenvalue weighted by molar-refractivity contribution is -0.129. The van der Waals surface area contributed by atoms with Crippen molar-refractivity contribution >= 4 is 45.3 Å². The molecular formula is C18H10O2. The Bertz CT molecular complexity index is 942. The highest BCUT2D eigenvalue weighted by molar-refractivity contribution is 6.57. The molecule has 0 N–H and O–H groups in total. The molecule has 4 rings (SSSR count). The summed E-state index contributed by atoms with van der Waals surface area (Å²) in [7, 11) is 0. The summed E-state index contributed by atoms with van der Waals surface area (Å²) < 4.78 is 0. The molecule has 0 radical (unpaired) electrons. The van der Waals surface area contributed by atoms with E-state index in [1.165, 1.54) is 22.9 Å². The van der Waals surface area contributed by atoms with E-state index in [0.717, 1.165) is 21.2 Å². The van der Waals surface area contributed by atoms with Crippen molar-refractivity contribution in [2.45, 2.75) is 0 Å². The van der Waals surface area contributed by atoms with E-state index in [0.29, 0.717) is 0 Å². The van der Waals surface area contributed by atoms with Gasteiger partial charge >= 0.3 is 0 Å². The van der Waals surface area contributed by atoms with Crippen LogP contribution in [0.3, 0.4) is 0 Å². The molecule has 0 unspecified atom stereocenters. The fourth-order valence-electron chi connectivity index (χ4n) is 2.70. The monoisotopic (exact) mass is 258 g/mol. The third-order valence-electron chi connectivity index (χ3n) is 3.72. The number of rotatable bonds is 0. The van der Waals surface area contributed by atoms with Crippen LogP contribution in [0.25, 0.3) is 33.7 Å². The topological polar surface area (TPSA) is 34.1 Å². The molecule has 2 heteroatoms. The van der Waals surface area contributed by atoms with E-state index in [9.17, 15) is 9.59 Å². The molecule has 0 fully saturated rings. The molecule has 0 heterocycles. The van der Waals surface area contributed by atoms with Gasteiger partial charge in [-0.2, -0.15) is 0 Å². The average Bonchev–Trinajstić information content (AvgIpc) is 2.44. The molecule has 20 heavy (non-hydrogen) atoms. The van der Waals surface area contributed by atoms with Gasteiger partial charge in [0, 0.05) is 0 Å². The highest BCUT2D eigenvalue weighted by atomic mass is 16.2. The van der Waals surface area contributed by atoms with Crippen molar-refractivity contribution in [3.8, 4) is 0 Å². The number of hydrogen-bond donors (Lipinski definition) is 0. The third kappa shape index (κ3) is 1.58. The van der Waals surface area contributed by atoms with E-state index in [1.54, 1.807) is 0 Å². The summed E-state index contributed by atoms with van der Waals surface area (Å²) in [6, 6.07) is 16.3. The number of ketones is 2. The Morgan fingerprint density at radius 1 is 0.550 bits per heavy atom. The minimum Gasteiger partial charge on any atom is -0.286 e. The number of carbonyl (C=O) groups is 2. The zero-order valence-electron chi connectivity index (χ0n) is 10.6. The van der Waals surface area contributed by atoms with Gasteiger partial charge in [-0.25, -0.2) is 0 Å². The summed E-state index contributed by atoms with van der Waals surface area (Å²) in [6.45, 7) is 0. The van der Waals surface area contributed by atoms with Gasteiger partial charge in [0.15, 0.2) is 0 Å². The molecule has 0 spiro atoms. The summed E-state index contributed by atoms with van der Waals surface area (Å²) in [5.74, 6) is -0.893. The zero-order chi connectivity index (χ0) is 13.7. The molecule has 0 saturated carbocycles. The first-order valence-corrected chi connectivity index (χ1v) is 6.45. The number of hydrogen-bond acceptors (Lipinski definition) is 2. The summed E-state index contributed by atoms with van der Waals surface area (Å²) in [5.41, 5.74) is 0. The lowest BCUT2D eigenvalue weighted by Crippen LogP contribution is -2.33. The Morgan fingerprint density at radius 3 is 1.45 bits per heavy atom. The molecule has 1 aliphatic carbocycles. The number of carbonyl (C=O) groups excluding carboxylic acids is 2. The smallest absolute Gasteiger partial charge is 0.226 e. The largest absolute Gasteiger partial charge is 0.286 e. The van der Waals surface area contributed by atoms with Crippen molar-refractivity contribution in [2.24, 2.45) is 0 Å². The van der Waals surface area contributed by atoms with E-state index < -0.39 is 11.6 Å². The SMILES string of the molecule is O=C1C=c2cc3cc4ccccc4cc3cc2=CC1=O. The van der Waals surface area contributed by atoms with Gasteiger partial charge in [0.1, 0.15) is 0 Å². The van der Waals surface area contributed by atoms with Gasteiger partial charge in [0.05, 0.1) is 0 Å². The third-order valence-corrected chi connectivity index (χ3v) is 3.72. The quantitative estimate of drug-likeness (QED) is 0.454. The van der Waals surface area contributed by atoms with Gasteiger partial charge in [0.2, 0.25) is 11.6 Å². The van der Waals surface area contributed by atoms with Crippen LogP contribution in [0.1, 0.15) is 0 Å². The van der Waals surface area contributed by atoms with Crippen LogP contribution in [-0.4, -0.2) is 11.6 Å². The number of fused-ring (bicyclic) bond motifs is 3. The Balaban J connectivity index is 2.17. The van der Waals surface area contributed by atoms with Gasteiger partial charge in [0.25, 0.3) is 0 Å². The van der Waals surface area contributed by atoms with E-state index in [-0.39, 0.29) is 0 Å². The van der Waals surface area contributed by atoms with Crippen LogP contribution in [-0.2, 0) is 9.59 Å². The molecule has 94 valence electrons. The Hall–Kier alpha value is -2.74. The van der Waals surface area contributed by atoms with Gasteiger partial charge in [-0.1, -0.05) is 24.3 Å². The summed E-state index contributed by atoms with van der Waals surface area (Å²) >= 11 is 0. The predicted molar refractivity (Wildman–Crippen MR) is 79.6 cm³/mol. The van der Waals surface area contributed by atoms with Gasteiger partial charge < -0.3 is 0 Å². The Labute approximate surface area is 114 Å². The maximum atomic E-state index is 11.5. The molecule has 1 aliphatic rings. The van der Waals surface area contributed by atoms with Crippen LogP contribution >= 0.6 is 0 Å². The first kappa shape index (κ1) is 11.1. The second-order valence-electron chi connectivity index (χ2n) is 5.04. The summed E-state index contributed by atoms with van der Waals surface area (Å²) in [5, 5.41) is 6.13. The van der Waals surface area contributed by atoms with Crippen molar-refractivity contribution in [3.63, 3.8) is 0 Å². The van der Waals surface area contributed by atoms with E-state index in [2.05, 4.69) is 24.3 Å². The first-order valence-electron chi connectivity index (χ1n) is 6.45. The van der Waals surface area contributed by atoms with Crippen LogP contribution in [0.5, 0.6) is 0 Å². The average molecular weight is 258 g/mol. The van der Waals surface area contributed by atoms with Crippen LogP contribution in [0, 0.1) is 0 Å². The van der Waals surface area contributed by atoms with E-state index in [1.807, 2.05) is 24.3 Å². The second-order valence-corrected chi connectivity index (χ2v) is 5.04. The maximum Gasteiger partial charge on any atom is 0.226 e. The Kier molecular flexibility index (Phi) is 2.15. The molecule has 0 atom stereocenters. The van der Waals surface area contributed by atoms with Crippen LogP contribution in [0.15, 0.2) is 48.5 Å². The van der Waals surface area contributed by atoms with Crippen molar-refractivity contribution in [3.05, 3.63) is 59.0 Å². The molecule has 0 saturated heterocycles.